The molecule has 0 aliphatic heterocycles. The van der Waals surface area contributed by atoms with E-state index in [0.717, 1.165) is 6.42 Å². The number of rotatable bonds is 5. The molecule has 2 heterocycles. The van der Waals surface area contributed by atoms with Crippen LogP contribution in [0.1, 0.15) is 22.2 Å². The largest absolute Gasteiger partial charge is 0.478 e. The molecule has 6 heteroatoms. The smallest absolute Gasteiger partial charge is 0.335 e. The number of anilines is 1. The monoisotopic (exact) mass is 302 g/mol. The van der Waals surface area contributed by atoms with Crippen molar-refractivity contribution in [2.24, 2.45) is 0 Å². The number of benzene rings is 1. The molecule has 0 saturated heterocycles. The molecular weight excluding hydrogens is 288 g/mol. The number of oxazole rings is 1. The van der Waals surface area contributed by atoms with E-state index >= 15 is 0 Å². The molecule has 0 saturated carbocycles. The lowest BCUT2D eigenvalue weighted by Gasteiger charge is -2.10. The number of carbonyl (C=O) groups is 1. The molecule has 0 amide bonds. The summed E-state index contributed by atoms with van der Waals surface area (Å²) in [6, 6.07) is 9.36. The molecule has 5 nitrogen and oxygen atoms in total. The molecule has 1 atom stereocenters. The zero-order valence-electron chi connectivity index (χ0n) is 11.4. The Hall–Kier alpha value is -2.34. The zero-order chi connectivity index (χ0) is 14.8. The quantitative estimate of drug-likeness (QED) is 0.752. The normalized spacial score (nSPS) is 12.4. The SMILES string of the molecule is CC(Cc1cccs1)Nc1nc2ccc(C(=O)O)cc2o1. The van der Waals surface area contributed by atoms with Crippen molar-refractivity contribution >= 4 is 34.4 Å². The molecule has 1 aromatic carbocycles. The van der Waals surface area contributed by atoms with Gasteiger partial charge in [-0.15, -0.1) is 11.3 Å². The van der Waals surface area contributed by atoms with Crippen LogP contribution in [0.2, 0.25) is 0 Å². The second kappa shape index (κ2) is 5.57. The molecule has 0 bridgehead atoms. The van der Waals surface area contributed by atoms with Gasteiger partial charge in [0.25, 0.3) is 6.01 Å². The molecule has 3 rings (SSSR count). The number of thiophene rings is 1. The minimum atomic E-state index is -0.978. The third kappa shape index (κ3) is 3.05. The van der Waals surface area contributed by atoms with Gasteiger partial charge in [-0.25, -0.2) is 4.79 Å². The maximum atomic E-state index is 10.9. The van der Waals surface area contributed by atoms with Gasteiger partial charge in [-0.3, -0.25) is 0 Å². The Balaban J connectivity index is 1.76. The molecule has 3 aromatic rings. The summed E-state index contributed by atoms with van der Waals surface area (Å²) in [7, 11) is 0. The van der Waals surface area contributed by atoms with Gasteiger partial charge in [-0.05, 0) is 36.6 Å². The van der Waals surface area contributed by atoms with Crippen molar-refractivity contribution in [3.05, 3.63) is 46.2 Å². The van der Waals surface area contributed by atoms with E-state index in [1.165, 1.54) is 17.0 Å². The van der Waals surface area contributed by atoms with E-state index < -0.39 is 5.97 Å². The number of carboxylic acids is 1. The van der Waals surface area contributed by atoms with Gasteiger partial charge in [0.05, 0.1) is 5.56 Å². The van der Waals surface area contributed by atoms with E-state index in [1.54, 1.807) is 17.4 Å². The number of hydrogen-bond donors (Lipinski definition) is 2. The van der Waals surface area contributed by atoms with Gasteiger partial charge in [0, 0.05) is 17.3 Å². The molecular formula is C15H14N2O3S. The summed E-state index contributed by atoms with van der Waals surface area (Å²) >= 11 is 1.72. The van der Waals surface area contributed by atoms with E-state index in [1.807, 2.05) is 6.07 Å². The second-order valence-corrected chi connectivity index (χ2v) is 5.87. The summed E-state index contributed by atoms with van der Waals surface area (Å²) in [5.74, 6) is -0.978. The fraction of sp³-hybridized carbons (Fsp3) is 0.200. The summed E-state index contributed by atoms with van der Waals surface area (Å²) < 4.78 is 5.57. The van der Waals surface area contributed by atoms with Crippen LogP contribution in [0.5, 0.6) is 0 Å². The summed E-state index contributed by atoms with van der Waals surface area (Å²) in [6.45, 7) is 2.05. The Morgan fingerprint density at radius 1 is 1.48 bits per heavy atom. The fourth-order valence-corrected chi connectivity index (χ4v) is 2.95. The van der Waals surface area contributed by atoms with Crippen molar-refractivity contribution in [2.45, 2.75) is 19.4 Å². The molecule has 0 radical (unpaired) electrons. The Morgan fingerprint density at radius 3 is 3.05 bits per heavy atom. The highest BCUT2D eigenvalue weighted by Gasteiger charge is 2.12. The molecule has 2 aromatic heterocycles. The predicted molar refractivity (Wildman–Crippen MR) is 82.1 cm³/mol. The van der Waals surface area contributed by atoms with Crippen LogP contribution < -0.4 is 5.32 Å². The van der Waals surface area contributed by atoms with E-state index in [2.05, 4.69) is 28.7 Å². The third-order valence-corrected chi connectivity index (χ3v) is 3.99. The van der Waals surface area contributed by atoms with Crippen molar-refractivity contribution < 1.29 is 14.3 Å². The van der Waals surface area contributed by atoms with Gasteiger partial charge in [-0.1, -0.05) is 6.07 Å². The van der Waals surface area contributed by atoms with Crippen LogP contribution in [0.25, 0.3) is 11.1 Å². The zero-order valence-corrected chi connectivity index (χ0v) is 12.2. The number of aromatic nitrogens is 1. The fourth-order valence-electron chi connectivity index (χ4n) is 2.11. The summed E-state index contributed by atoms with van der Waals surface area (Å²) in [6.07, 6.45) is 0.886. The standard InChI is InChI=1S/C15H14N2O3S/c1-9(7-11-3-2-6-21-11)16-15-17-12-5-4-10(14(18)19)8-13(12)20-15/h2-6,8-9H,7H2,1H3,(H,16,17)(H,18,19). The number of nitrogens with one attached hydrogen (secondary N) is 1. The summed E-state index contributed by atoms with van der Waals surface area (Å²) in [5.41, 5.74) is 1.31. The lowest BCUT2D eigenvalue weighted by molar-refractivity contribution is 0.0697. The third-order valence-electron chi connectivity index (χ3n) is 3.09. The Kier molecular flexibility index (Phi) is 3.62. The number of fused-ring (bicyclic) bond motifs is 1. The van der Waals surface area contributed by atoms with Crippen LogP contribution in [0, 0.1) is 0 Å². The maximum Gasteiger partial charge on any atom is 0.335 e. The number of carboxylic acid groups (broad SMARTS) is 1. The van der Waals surface area contributed by atoms with E-state index in [9.17, 15) is 4.79 Å². The van der Waals surface area contributed by atoms with Crippen molar-refractivity contribution in [1.29, 1.82) is 0 Å². The van der Waals surface area contributed by atoms with Crippen molar-refractivity contribution in [3.63, 3.8) is 0 Å². The Bertz CT molecular complexity index is 764. The van der Waals surface area contributed by atoms with Crippen LogP contribution >= 0.6 is 11.3 Å². The van der Waals surface area contributed by atoms with Crippen LogP contribution in [-0.2, 0) is 6.42 Å². The summed E-state index contributed by atoms with van der Waals surface area (Å²) in [5, 5.41) is 14.2. The van der Waals surface area contributed by atoms with E-state index in [4.69, 9.17) is 9.52 Å². The molecule has 1 unspecified atom stereocenters. The first kappa shape index (κ1) is 13.6. The number of nitrogens with zero attached hydrogens (tertiary/aromatic N) is 1. The molecule has 0 aliphatic carbocycles. The van der Waals surface area contributed by atoms with Crippen LogP contribution in [0.4, 0.5) is 6.01 Å². The molecule has 0 fully saturated rings. The van der Waals surface area contributed by atoms with Gasteiger partial charge in [0.15, 0.2) is 5.58 Å². The topological polar surface area (TPSA) is 75.4 Å². The highest BCUT2D eigenvalue weighted by atomic mass is 32.1. The van der Waals surface area contributed by atoms with Crippen molar-refractivity contribution in [1.82, 2.24) is 4.98 Å². The maximum absolute atomic E-state index is 10.9. The molecule has 0 spiro atoms. The molecule has 2 N–H and O–H groups in total. The van der Waals surface area contributed by atoms with Crippen LogP contribution in [0.15, 0.2) is 40.1 Å². The average molecular weight is 302 g/mol. The minimum absolute atomic E-state index is 0.177. The average Bonchev–Trinajstić information content (AvgIpc) is 3.05. The first-order chi connectivity index (χ1) is 10.1. The van der Waals surface area contributed by atoms with Gasteiger partial charge in [-0.2, -0.15) is 4.98 Å². The minimum Gasteiger partial charge on any atom is -0.478 e. The number of hydrogen-bond acceptors (Lipinski definition) is 5. The number of aromatic carboxylic acids is 1. The van der Waals surface area contributed by atoms with Crippen LogP contribution in [-0.4, -0.2) is 22.1 Å². The lowest BCUT2D eigenvalue weighted by atomic mass is 10.2. The van der Waals surface area contributed by atoms with E-state index in [0.29, 0.717) is 17.1 Å². The Labute approximate surface area is 125 Å². The van der Waals surface area contributed by atoms with Gasteiger partial charge >= 0.3 is 5.97 Å². The predicted octanol–water partition coefficient (Wildman–Crippen LogP) is 3.63. The Morgan fingerprint density at radius 2 is 2.33 bits per heavy atom. The van der Waals surface area contributed by atoms with E-state index in [-0.39, 0.29) is 11.6 Å². The summed E-state index contributed by atoms with van der Waals surface area (Å²) in [4.78, 5) is 16.5. The first-order valence-corrected chi connectivity index (χ1v) is 7.42. The van der Waals surface area contributed by atoms with Gasteiger partial charge in [0.1, 0.15) is 5.52 Å². The van der Waals surface area contributed by atoms with Gasteiger partial charge < -0.3 is 14.8 Å². The highest BCUT2D eigenvalue weighted by molar-refractivity contribution is 7.09. The van der Waals surface area contributed by atoms with Crippen molar-refractivity contribution in [3.8, 4) is 0 Å². The molecule has 108 valence electrons. The first-order valence-electron chi connectivity index (χ1n) is 6.54. The van der Waals surface area contributed by atoms with Crippen LogP contribution in [0.3, 0.4) is 0 Å². The molecule has 21 heavy (non-hydrogen) atoms. The molecule has 0 aliphatic rings. The second-order valence-electron chi connectivity index (χ2n) is 4.84. The van der Waals surface area contributed by atoms with Crippen molar-refractivity contribution in [2.75, 3.05) is 5.32 Å². The van der Waals surface area contributed by atoms with Gasteiger partial charge in [0.2, 0.25) is 0 Å². The lowest BCUT2D eigenvalue weighted by Crippen LogP contribution is -2.17. The highest BCUT2D eigenvalue weighted by Crippen LogP contribution is 2.21.